The molecule has 0 saturated heterocycles. The van der Waals surface area contributed by atoms with Crippen molar-refractivity contribution in [3.8, 4) is 11.1 Å². The molecule has 0 spiro atoms. The lowest BCUT2D eigenvalue weighted by molar-refractivity contribution is -0.248. The third kappa shape index (κ3) is 2.74. The number of hydrogen-bond donors (Lipinski definition) is 1. The molecule has 3 heteroatoms. The third-order valence-corrected chi connectivity index (χ3v) is 7.42. The summed E-state index contributed by atoms with van der Waals surface area (Å²) in [4.78, 5) is 0. The van der Waals surface area contributed by atoms with Gasteiger partial charge in [0, 0.05) is 5.41 Å². The lowest BCUT2D eigenvalue weighted by Crippen LogP contribution is -2.56. The zero-order valence-electron chi connectivity index (χ0n) is 15.5. The van der Waals surface area contributed by atoms with Crippen molar-refractivity contribution in [3.63, 3.8) is 0 Å². The largest absolute Gasteiger partial charge is 0.382 e. The van der Waals surface area contributed by atoms with Crippen LogP contribution in [0.5, 0.6) is 0 Å². The summed E-state index contributed by atoms with van der Waals surface area (Å²) < 4.78 is 31.2. The number of halogens is 2. The molecule has 6 rings (SSSR count). The first-order chi connectivity index (χ1) is 13.0. The fourth-order valence-corrected chi connectivity index (χ4v) is 6.51. The first kappa shape index (κ1) is 17.4. The Morgan fingerprint density at radius 3 is 1.78 bits per heavy atom. The molecule has 27 heavy (non-hydrogen) atoms. The topological polar surface area (TPSA) is 20.2 Å². The summed E-state index contributed by atoms with van der Waals surface area (Å²) in [5.74, 6) is -1.75. The van der Waals surface area contributed by atoms with Gasteiger partial charge in [0.05, 0.1) is 0 Å². The summed E-state index contributed by atoms with van der Waals surface area (Å²) in [7, 11) is 0. The van der Waals surface area contributed by atoms with E-state index in [-0.39, 0.29) is 0 Å². The second-order valence-electron chi connectivity index (χ2n) is 9.21. The lowest BCUT2D eigenvalue weighted by atomic mass is 9.47. The minimum absolute atomic E-state index is 0.329. The molecule has 4 bridgehead atoms. The SMILES string of the molecule is OC(c1ccc(-c2ccccc2)cc1)C(F)(F)C12CC3CC(CC(C3)C1)C2. The van der Waals surface area contributed by atoms with Crippen LogP contribution >= 0.6 is 0 Å². The van der Waals surface area contributed by atoms with Gasteiger partial charge < -0.3 is 5.11 Å². The van der Waals surface area contributed by atoms with Crippen molar-refractivity contribution in [1.82, 2.24) is 0 Å². The average Bonchev–Trinajstić information content (AvgIpc) is 2.67. The van der Waals surface area contributed by atoms with Crippen LogP contribution in [0.1, 0.15) is 50.2 Å². The number of alkyl halides is 2. The van der Waals surface area contributed by atoms with Crippen molar-refractivity contribution in [2.24, 2.45) is 23.2 Å². The fourth-order valence-electron chi connectivity index (χ4n) is 6.51. The van der Waals surface area contributed by atoms with Crippen LogP contribution in [0.2, 0.25) is 0 Å². The molecule has 2 aromatic rings. The van der Waals surface area contributed by atoms with E-state index in [1.54, 1.807) is 12.1 Å². The lowest BCUT2D eigenvalue weighted by Gasteiger charge is -2.59. The van der Waals surface area contributed by atoms with E-state index in [1.165, 1.54) is 0 Å². The summed E-state index contributed by atoms with van der Waals surface area (Å²) in [5, 5.41) is 10.7. The molecule has 0 heterocycles. The van der Waals surface area contributed by atoms with Gasteiger partial charge >= 0.3 is 0 Å². The molecule has 1 nitrogen and oxygen atoms in total. The van der Waals surface area contributed by atoms with Gasteiger partial charge in [0.2, 0.25) is 0 Å². The molecule has 1 N–H and O–H groups in total. The van der Waals surface area contributed by atoms with Crippen molar-refractivity contribution in [2.45, 2.75) is 50.6 Å². The van der Waals surface area contributed by atoms with Crippen LogP contribution in [0.3, 0.4) is 0 Å². The van der Waals surface area contributed by atoms with Crippen LogP contribution in [0.4, 0.5) is 8.78 Å². The minimum atomic E-state index is -3.07. The zero-order valence-corrected chi connectivity index (χ0v) is 15.5. The Morgan fingerprint density at radius 1 is 0.778 bits per heavy atom. The van der Waals surface area contributed by atoms with E-state index in [0.29, 0.717) is 42.6 Å². The van der Waals surface area contributed by atoms with Gasteiger partial charge in [-0.3, -0.25) is 0 Å². The molecular formula is C24H26F2O. The van der Waals surface area contributed by atoms with Crippen molar-refractivity contribution < 1.29 is 13.9 Å². The van der Waals surface area contributed by atoms with Gasteiger partial charge in [-0.15, -0.1) is 0 Å². The van der Waals surface area contributed by atoms with Gasteiger partial charge in [-0.25, -0.2) is 8.78 Å². The number of hydrogen-bond acceptors (Lipinski definition) is 1. The normalized spacial score (nSPS) is 33.2. The van der Waals surface area contributed by atoms with Gasteiger partial charge in [0.15, 0.2) is 0 Å². The highest BCUT2D eigenvalue weighted by atomic mass is 19.3. The Hall–Kier alpha value is -1.74. The van der Waals surface area contributed by atoms with Crippen LogP contribution in [0.15, 0.2) is 54.6 Å². The fraction of sp³-hybridized carbons (Fsp3) is 0.500. The molecule has 0 aromatic heterocycles. The van der Waals surface area contributed by atoms with Gasteiger partial charge in [-0.1, -0.05) is 54.6 Å². The van der Waals surface area contributed by atoms with Crippen LogP contribution in [0, 0.1) is 23.2 Å². The number of aliphatic hydroxyl groups is 1. The molecular weight excluding hydrogens is 342 g/mol. The van der Waals surface area contributed by atoms with Crippen LogP contribution in [0.25, 0.3) is 11.1 Å². The van der Waals surface area contributed by atoms with E-state index in [2.05, 4.69) is 0 Å². The van der Waals surface area contributed by atoms with Crippen molar-refractivity contribution in [2.75, 3.05) is 0 Å². The Kier molecular flexibility index (Phi) is 3.94. The first-order valence-corrected chi connectivity index (χ1v) is 10.2. The zero-order chi connectivity index (χ0) is 18.6. The van der Waals surface area contributed by atoms with E-state index in [4.69, 9.17) is 0 Å². The van der Waals surface area contributed by atoms with Crippen molar-refractivity contribution in [3.05, 3.63) is 60.2 Å². The molecule has 4 aliphatic rings. The molecule has 0 aliphatic heterocycles. The predicted octanol–water partition coefficient (Wildman–Crippen LogP) is 6.24. The van der Waals surface area contributed by atoms with E-state index >= 15 is 8.78 Å². The van der Waals surface area contributed by atoms with Gasteiger partial charge in [-0.05, 0) is 73.0 Å². The van der Waals surface area contributed by atoms with E-state index in [1.807, 2.05) is 42.5 Å². The molecule has 4 saturated carbocycles. The quantitative estimate of drug-likeness (QED) is 0.677. The van der Waals surface area contributed by atoms with Crippen LogP contribution in [-0.4, -0.2) is 11.0 Å². The number of rotatable bonds is 4. The molecule has 1 atom stereocenters. The van der Waals surface area contributed by atoms with E-state index < -0.39 is 17.4 Å². The standard InChI is InChI=1S/C24H26F2O/c25-24(26,23-13-16-10-17(14-23)12-18(11-16)15-23)22(27)21-8-6-20(7-9-21)19-4-2-1-3-5-19/h1-9,16-18,22,27H,10-15H2. The summed E-state index contributed by atoms with van der Waals surface area (Å²) in [6.45, 7) is 0. The first-order valence-electron chi connectivity index (χ1n) is 10.2. The van der Waals surface area contributed by atoms with Gasteiger partial charge in [-0.2, -0.15) is 0 Å². The maximum Gasteiger partial charge on any atom is 0.283 e. The monoisotopic (exact) mass is 368 g/mol. The van der Waals surface area contributed by atoms with Crippen LogP contribution < -0.4 is 0 Å². The molecule has 1 unspecified atom stereocenters. The van der Waals surface area contributed by atoms with Crippen LogP contribution in [-0.2, 0) is 0 Å². The molecule has 2 aromatic carbocycles. The number of benzene rings is 2. The summed E-state index contributed by atoms with van der Waals surface area (Å²) in [5.41, 5.74) is 1.35. The average molecular weight is 368 g/mol. The van der Waals surface area contributed by atoms with Crippen molar-refractivity contribution in [1.29, 1.82) is 0 Å². The molecule has 142 valence electrons. The third-order valence-electron chi connectivity index (χ3n) is 7.42. The summed E-state index contributed by atoms with van der Waals surface area (Å²) in [6, 6.07) is 16.9. The maximum absolute atomic E-state index is 15.6. The highest BCUT2D eigenvalue weighted by Crippen LogP contribution is 2.66. The molecule has 4 aliphatic carbocycles. The Morgan fingerprint density at radius 2 is 1.26 bits per heavy atom. The molecule has 4 fully saturated rings. The Balaban J connectivity index is 1.42. The van der Waals surface area contributed by atoms with Gasteiger partial charge in [0.25, 0.3) is 5.92 Å². The maximum atomic E-state index is 15.6. The predicted molar refractivity (Wildman–Crippen MR) is 102 cm³/mol. The van der Waals surface area contributed by atoms with Crippen molar-refractivity contribution >= 4 is 0 Å². The Labute approximate surface area is 159 Å². The molecule has 0 radical (unpaired) electrons. The highest BCUT2D eigenvalue weighted by molar-refractivity contribution is 5.63. The summed E-state index contributed by atoms with van der Waals surface area (Å²) >= 11 is 0. The van der Waals surface area contributed by atoms with E-state index in [0.717, 1.165) is 30.4 Å². The number of aliphatic hydroxyl groups excluding tert-OH is 1. The Bertz CT molecular complexity index is 777. The molecule has 0 amide bonds. The minimum Gasteiger partial charge on any atom is -0.382 e. The smallest absolute Gasteiger partial charge is 0.283 e. The van der Waals surface area contributed by atoms with E-state index in [9.17, 15) is 5.11 Å². The van der Waals surface area contributed by atoms with Gasteiger partial charge in [0.1, 0.15) is 6.10 Å². The summed E-state index contributed by atoms with van der Waals surface area (Å²) in [6.07, 6.45) is 3.41. The highest BCUT2D eigenvalue weighted by Gasteiger charge is 2.64. The second kappa shape index (κ2) is 6.13. The second-order valence-corrected chi connectivity index (χ2v) is 9.21.